The fourth-order valence-electron chi connectivity index (χ4n) is 1.40. The first-order valence-corrected chi connectivity index (χ1v) is 4.95. The molecule has 5 heteroatoms. The largest absolute Gasteiger partial charge is 0.328 e. The summed E-state index contributed by atoms with van der Waals surface area (Å²) in [6.07, 6.45) is 3.86. The molecule has 82 valence electrons. The Labute approximate surface area is 91.4 Å². The van der Waals surface area contributed by atoms with Gasteiger partial charge in [-0.1, -0.05) is 6.07 Å². The normalized spacial score (nSPS) is 10.2. The third-order valence-electron chi connectivity index (χ3n) is 2.23. The summed E-state index contributed by atoms with van der Waals surface area (Å²) in [5.41, 5.74) is 0.156. The summed E-state index contributed by atoms with van der Waals surface area (Å²) in [4.78, 5) is 28.5. The summed E-state index contributed by atoms with van der Waals surface area (Å²) in [6.45, 7) is 0.507. The highest BCUT2D eigenvalue weighted by atomic mass is 16.2. The quantitative estimate of drug-likeness (QED) is 0.797. The molecule has 0 amide bonds. The van der Waals surface area contributed by atoms with Crippen LogP contribution in [0.1, 0.15) is 5.69 Å². The van der Waals surface area contributed by atoms with Gasteiger partial charge in [-0.3, -0.25) is 14.8 Å². The molecule has 16 heavy (non-hydrogen) atoms. The van der Waals surface area contributed by atoms with Crippen molar-refractivity contribution in [1.29, 1.82) is 0 Å². The zero-order chi connectivity index (χ0) is 11.4. The predicted octanol–water partition coefficient (Wildman–Crippen LogP) is 0.174. The van der Waals surface area contributed by atoms with Crippen LogP contribution in [-0.2, 0) is 13.0 Å². The number of hydrogen-bond acceptors (Lipinski definition) is 3. The minimum atomic E-state index is -0.386. The van der Waals surface area contributed by atoms with Gasteiger partial charge < -0.3 is 4.57 Å². The Kier molecular flexibility index (Phi) is 2.95. The Morgan fingerprint density at radius 3 is 2.81 bits per heavy atom. The van der Waals surface area contributed by atoms with E-state index in [9.17, 15) is 9.59 Å². The van der Waals surface area contributed by atoms with Crippen LogP contribution in [0.3, 0.4) is 0 Å². The van der Waals surface area contributed by atoms with Gasteiger partial charge in [0.05, 0.1) is 0 Å². The van der Waals surface area contributed by atoms with Crippen molar-refractivity contribution in [3.05, 3.63) is 63.2 Å². The van der Waals surface area contributed by atoms with Crippen LogP contribution >= 0.6 is 0 Å². The van der Waals surface area contributed by atoms with Crippen LogP contribution in [0.2, 0.25) is 0 Å². The lowest BCUT2D eigenvalue weighted by Crippen LogP contribution is -2.29. The zero-order valence-corrected chi connectivity index (χ0v) is 8.59. The second kappa shape index (κ2) is 4.57. The Hall–Kier alpha value is -2.17. The van der Waals surface area contributed by atoms with Crippen molar-refractivity contribution >= 4 is 0 Å². The topological polar surface area (TPSA) is 67.8 Å². The molecule has 0 radical (unpaired) electrons. The zero-order valence-electron chi connectivity index (χ0n) is 8.59. The van der Waals surface area contributed by atoms with Crippen LogP contribution in [0.5, 0.6) is 0 Å². The van der Waals surface area contributed by atoms with E-state index in [1.54, 1.807) is 6.20 Å². The SMILES string of the molecule is O=c1ccn(CCc2ccccn2)c(=O)[nH]1. The van der Waals surface area contributed by atoms with E-state index in [0.717, 1.165) is 5.69 Å². The molecule has 2 aromatic rings. The molecule has 2 rings (SSSR count). The first kappa shape index (κ1) is 10.4. The number of pyridine rings is 1. The monoisotopic (exact) mass is 217 g/mol. The van der Waals surface area contributed by atoms with Gasteiger partial charge in [-0.05, 0) is 12.1 Å². The molecular weight excluding hydrogens is 206 g/mol. The van der Waals surface area contributed by atoms with Crippen molar-refractivity contribution in [3.8, 4) is 0 Å². The van der Waals surface area contributed by atoms with Gasteiger partial charge in [0, 0.05) is 37.1 Å². The number of aromatic nitrogens is 3. The van der Waals surface area contributed by atoms with Crippen LogP contribution in [0.25, 0.3) is 0 Å². The molecule has 0 aliphatic rings. The third kappa shape index (κ3) is 2.44. The van der Waals surface area contributed by atoms with Crippen LogP contribution in [0.4, 0.5) is 0 Å². The van der Waals surface area contributed by atoms with Crippen LogP contribution in [0, 0.1) is 0 Å². The first-order chi connectivity index (χ1) is 7.75. The Balaban J connectivity index is 2.11. The number of hydrogen-bond donors (Lipinski definition) is 1. The summed E-state index contributed by atoms with van der Waals surface area (Å²) in [5.74, 6) is 0. The molecule has 0 atom stereocenters. The molecular formula is C11H11N3O2. The number of nitrogens with one attached hydrogen (secondary N) is 1. The lowest BCUT2D eigenvalue weighted by atomic mass is 10.3. The highest BCUT2D eigenvalue weighted by Gasteiger charge is 1.97. The average molecular weight is 217 g/mol. The molecule has 1 N–H and O–H groups in total. The lowest BCUT2D eigenvalue weighted by Gasteiger charge is -2.03. The molecule has 0 spiro atoms. The number of H-pyrrole nitrogens is 1. The van der Waals surface area contributed by atoms with E-state index in [-0.39, 0.29) is 11.2 Å². The minimum absolute atomic E-state index is 0.376. The first-order valence-electron chi connectivity index (χ1n) is 4.95. The molecule has 0 aliphatic heterocycles. The van der Waals surface area contributed by atoms with E-state index in [1.807, 2.05) is 18.2 Å². The van der Waals surface area contributed by atoms with Crippen LogP contribution in [0.15, 0.2) is 46.2 Å². The molecule has 0 bridgehead atoms. The molecule has 0 saturated heterocycles. The van der Waals surface area contributed by atoms with Gasteiger partial charge in [0.15, 0.2) is 0 Å². The van der Waals surface area contributed by atoms with Gasteiger partial charge in [-0.25, -0.2) is 4.79 Å². The van der Waals surface area contributed by atoms with Crippen molar-refractivity contribution < 1.29 is 0 Å². The van der Waals surface area contributed by atoms with Crippen molar-refractivity contribution in [2.45, 2.75) is 13.0 Å². The second-order valence-corrected chi connectivity index (χ2v) is 3.37. The van der Waals surface area contributed by atoms with E-state index in [2.05, 4.69) is 9.97 Å². The minimum Gasteiger partial charge on any atom is -0.300 e. The maximum atomic E-state index is 11.3. The van der Waals surface area contributed by atoms with Gasteiger partial charge in [-0.15, -0.1) is 0 Å². The smallest absolute Gasteiger partial charge is 0.300 e. The van der Waals surface area contributed by atoms with Crippen molar-refractivity contribution in [3.63, 3.8) is 0 Å². The lowest BCUT2D eigenvalue weighted by molar-refractivity contribution is 0.638. The number of nitrogens with zero attached hydrogens (tertiary/aromatic N) is 2. The Bertz CT molecular complexity index is 572. The maximum absolute atomic E-state index is 11.3. The molecule has 0 saturated carbocycles. The summed E-state index contributed by atoms with van der Waals surface area (Å²) in [7, 11) is 0. The molecule has 5 nitrogen and oxygen atoms in total. The van der Waals surface area contributed by atoms with E-state index >= 15 is 0 Å². The van der Waals surface area contributed by atoms with E-state index in [4.69, 9.17) is 0 Å². The summed E-state index contributed by atoms with van der Waals surface area (Å²) < 4.78 is 1.45. The standard InChI is InChI=1S/C11H11N3O2/c15-10-5-8-14(11(16)13-10)7-4-9-3-1-2-6-12-9/h1-3,5-6,8H,4,7H2,(H,13,15,16). The fraction of sp³-hybridized carbons (Fsp3) is 0.182. The summed E-state index contributed by atoms with van der Waals surface area (Å²) in [6, 6.07) is 6.98. The average Bonchev–Trinajstić information content (AvgIpc) is 2.29. The Morgan fingerprint density at radius 2 is 2.12 bits per heavy atom. The Morgan fingerprint density at radius 1 is 1.25 bits per heavy atom. The fourth-order valence-corrected chi connectivity index (χ4v) is 1.40. The van der Waals surface area contributed by atoms with Gasteiger partial charge >= 0.3 is 5.69 Å². The molecule has 0 aromatic carbocycles. The van der Waals surface area contributed by atoms with Gasteiger partial charge in [-0.2, -0.15) is 0 Å². The van der Waals surface area contributed by atoms with Gasteiger partial charge in [0.2, 0.25) is 0 Å². The predicted molar refractivity (Wildman–Crippen MR) is 59.3 cm³/mol. The highest BCUT2D eigenvalue weighted by molar-refractivity contribution is 5.03. The molecule has 2 aromatic heterocycles. The molecule has 0 fully saturated rings. The maximum Gasteiger partial charge on any atom is 0.328 e. The van der Waals surface area contributed by atoms with Crippen LogP contribution in [-0.4, -0.2) is 14.5 Å². The molecule has 0 unspecified atom stereocenters. The summed E-state index contributed by atoms with van der Waals surface area (Å²) >= 11 is 0. The van der Waals surface area contributed by atoms with E-state index in [1.165, 1.54) is 16.8 Å². The number of rotatable bonds is 3. The summed E-state index contributed by atoms with van der Waals surface area (Å²) in [5, 5.41) is 0. The highest BCUT2D eigenvalue weighted by Crippen LogP contribution is 1.95. The van der Waals surface area contributed by atoms with Gasteiger partial charge in [0.25, 0.3) is 5.56 Å². The molecule has 2 heterocycles. The van der Waals surface area contributed by atoms with Crippen molar-refractivity contribution in [2.75, 3.05) is 0 Å². The van der Waals surface area contributed by atoms with E-state index < -0.39 is 0 Å². The van der Waals surface area contributed by atoms with E-state index in [0.29, 0.717) is 13.0 Å². The second-order valence-electron chi connectivity index (χ2n) is 3.37. The number of aromatic amines is 1. The van der Waals surface area contributed by atoms with Crippen molar-refractivity contribution in [1.82, 2.24) is 14.5 Å². The van der Waals surface area contributed by atoms with Gasteiger partial charge in [0.1, 0.15) is 0 Å². The third-order valence-corrected chi connectivity index (χ3v) is 2.23. The number of aryl methyl sites for hydroxylation is 2. The molecule has 0 aliphatic carbocycles. The van der Waals surface area contributed by atoms with Crippen molar-refractivity contribution in [2.24, 2.45) is 0 Å². The van der Waals surface area contributed by atoms with Crippen LogP contribution < -0.4 is 11.2 Å².